The fourth-order valence-corrected chi connectivity index (χ4v) is 1.84. The van der Waals surface area contributed by atoms with Gasteiger partial charge < -0.3 is 15.8 Å². The molecule has 1 heterocycles. The number of nitrogens with two attached hydrogens (primary N) is 1. The van der Waals surface area contributed by atoms with Gasteiger partial charge in [0.1, 0.15) is 0 Å². The molecule has 5 nitrogen and oxygen atoms in total. The number of anilines is 2. The van der Waals surface area contributed by atoms with E-state index in [4.69, 9.17) is 10.5 Å². The van der Waals surface area contributed by atoms with Crippen LogP contribution in [-0.4, -0.2) is 18.1 Å². The molecule has 0 radical (unpaired) electrons. The van der Waals surface area contributed by atoms with E-state index in [0.717, 1.165) is 11.3 Å². The lowest BCUT2D eigenvalue weighted by molar-refractivity contribution is 0.0602. The number of nitrogen functional groups attached to an aromatic ring is 1. The maximum atomic E-state index is 11.7. The van der Waals surface area contributed by atoms with Crippen molar-refractivity contribution in [2.75, 3.05) is 18.2 Å². The molecule has 0 saturated heterocycles. The molecule has 0 saturated carbocycles. The molecular weight excluding hydrogens is 254 g/mol. The first kappa shape index (κ1) is 13.9. The lowest BCUT2D eigenvalue weighted by Crippen LogP contribution is -2.10. The number of aromatic nitrogens is 1. The minimum Gasteiger partial charge on any atom is -0.465 e. The third-order valence-corrected chi connectivity index (χ3v) is 2.94. The Kier molecular flexibility index (Phi) is 4.20. The van der Waals surface area contributed by atoms with E-state index in [1.54, 1.807) is 24.4 Å². The van der Waals surface area contributed by atoms with Crippen LogP contribution in [0.5, 0.6) is 0 Å². The highest BCUT2D eigenvalue weighted by Crippen LogP contribution is 2.24. The molecule has 0 aliphatic carbocycles. The number of hydrogen-bond donors (Lipinski definition) is 2. The number of para-hydroxylation sites is 1. The number of methoxy groups -OCH3 is 1. The Bertz CT molecular complexity index is 609. The highest BCUT2D eigenvalue weighted by Gasteiger charge is 2.13. The first-order valence-electron chi connectivity index (χ1n) is 6.24. The predicted molar refractivity (Wildman–Crippen MR) is 78.5 cm³/mol. The van der Waals surface area contributed by atoms with Crippen LogP contribution < -0.4 is 11.1 Å². The van der Waals surface area contributed by atoms with Crippen molar-refractivity contribution in [2.24, 2.45) is 0 Å². The molecule has 0 spiro atoms. The van der Waals surface area contributed by atoms with Gasteiger partial charge in [0.2, 0.25) is 0 Å². The molecule has 5 heteroatoms. The van der Waals surface area contributed by atoms with Gasteiger partial charge in [-0.05, 0) is 30.7 Å². The molecule has 3 N–H and O–H groups in total. The Labute approximate surface area is 117 Å². The number of esters is 1. The number of nitrogens with one attached hydrogen (secondary N) is 1. The Morgan fingerprint density at radius 2 is 2.15 bits per heavy atom. The maximum Gasteiger partial charge on any atom is 0.340 e. The summed E-state index contributed by atoms with van der Waals surface area (Å²) < 4.78 is 4.75. The number of aryl methyl sites for hydroxylation is 1. The number of rotatable bonds is 4. The Morgan fingerprint density at radius 1 is 1.35 bits per heavy atom. The zero-order valence-corrected chi connectivity index (χ0v) is 11.5. The van der Waals surface area contributed by atoms with E-state index in [-0.39, 0.29) is 0 Å². The largest absolute Gasteiger partial charge is 0.465 e. The Hall–Kier alpha value is -2.56. The van der Waals surface area contributed by atoms with Crippen molar-refractivity contribution < 1.29 is 9.53 Å². The lowest BCUT2D eigenvalue weighted by atomic mass is 10.1. The van der Waals surface area contributed by atoms with E-state index >= 15 is 0 Å². The van der Waals surface area contributed by atoms with Crippen LogP contribution in [0.15, 0.2) is 36.5 Å². The van der Waals surface area contributed by atoms with Gasteiger partial charge in [-0.1, -0.05) is 12.1 Å². The molecule has 0 aliphatic rings. The number of carbonyl (C=O) groups excluding carboxylic acids is 1. The van der Waals surface area contributed by atoms with Crippen molar-refractivity contribution >= 4 is 17.3 Å². The van der Waals surface area contributed by atoms with Gasteiger partial charge in [-0.15, -0.1) is 0 Å². The summed E-state index contributed by atoms with van der Waals surface area (Å²) in [4.78, 5) is 15.9. The first-order valence-corrected chi connectivity index (χ1v) is 6.24. The molecule has 0 aliphatic heterocycles. The van der Waals surface area contributed by atoms with Crippen LogP contribution in [0.4, 0.5) is 11.4 Å². The summed E-state index contributed by atoms with van der Waals surface area (Å²) in [6.07, 6.45) is 1.79. The number of benzene rings is 1. The number of hydrogen-bond acceptors (Lipinski definition) is 5. The average Bonchev–Trinajstić information content (AvgIpc) is 2.46. The SMILES string of the molecule is COC(=O)c1cccc(N)c1NCc1ccc(C)nc1. The van der Waals surface area contributed by atoms with Gasteiger partial charge in [-0.25, -0.2) is 4.79 Å². The van der Waals surface area contributed by atoms with Crippen molar-refractivity contribution in [3.63, 3.8) is 0 Å². The molecule has 0 atom stereocenters. The monoisotopic (exact) mass is 271 g/mol. The van der Waals surface area contributed by atoms with Gasteiger partial charge in [0.05, 0.1) is 24.0 Å². The van der Waals surface area contributed by atoms with Crippen LogP contribution in [0.1, 0.15) is 21.6 Å². The summed E-state index contributed by atoms with van der Waals surface area (Å²) in [5.74, 6) is -0.415. The molecule has 2 aromatic rings. The predicted octanol–water partition coefficient (Wildman–Crippen LogP) is 2.37. The van der Waals surface area contributed by atoms with Gasteiger partial charge >= 0.3 is 5.97 Å². The summed E-state index contributed by atoms with van der Waals surface area (Å²) in [7, 11) is 1.35. The zero-order valence-electron chi connectivity index (χ0n) is 11.5. The second kappa shape index (κ2) is 6.06. The molecule has 2 rings (SSSR count). The smallest absolute Gasteiger partial charge is 0.340 e. The molecule has 0 amide bonds. The van der Waals surface area contributed by atoms with Crippen LogP contribution in [-0.2, 0) is 11.3 Å². The maximum absolute atomic E-state index is 11.7. The zero-order chi connectivity index (χ0) is 14.5. The standard InChI is InChI=1S/C15H17N3O2/c1-10-6-7-11(8-17-10)9-18-14-12(15(19)20-2)4-3-5-13(14)16/h3-8,18H,9,16H2,1-2H3. The van der Waals surface area contributed by atoms with Gasteiger partial charge in [0.25, 0.3) is 0 Å². The summed E-state index contributed by atoms with van der Waals surface area (Å²) in [5.41, 5.74) is 9.40. The third-order valence-electron chi connectivity index (χ3n) is 2.94. The third kappa shape index (κ3) is 3.06. The van der Waals surface area contributed by atoms with Gasteiger partial charge in [-0.3, -0.25) is 4.98 Å². The first-order chi connectivity index (χ1) is 9.61. The number of carbonyl (C=O) groups is 1. The molecular formula is C15H17N3O2. The van der Waals surface area contributed by atoms with Crippen LogP contribution in [0.3, 0.4) is 0 Å². The van der Waals surface area contributed by atoms with Crippen LogP contribution in [0.25, 0.3) is 0 Å². The van der Waals surface area contributed by atoms with Crippen molar-refractivity contribution in [3.8, 4) is 0 Å². The van der Waals surface area contributed by atoms with Crippen LogP contribution in [0.2, 0.25) is 0 Å². The van der Waals surface area contributed by atoms with Crippen molar-refractivity contribution in [2.45, 2.75) is 13.5 Å². The minimum absolute atomic E-state index is 0.415. The Balaban J connectivity index is 2.20. The van der Waals surface area contributed by atoms with Gasteiger partial charge in [0.15, 0.2) is 0 Å². The fraction of sp³-hybridized carbons (Fsp3) is 0.200. The van der Waals surface area contributed by atoms with Crippen molar-refractivity contribution in [3.05, 3.63) is 53.3 Å². The second-order valence-electron chi connectivity index (χ2n) is 4.42. The van der Waals surface area contributed by atoms with E-state index in [1.807, 2.05) is 19.1 Å². The highest BCUT2D eigenvalue weighted by atomic mass is 16.5. The summed E-state index contributed by atoms with van der Waals surface area (Å²) >= 11 is 0. The highest BCUT2D eigenvalue weighted by molar-refractivity contribution is 5.98. The molecule has 0 unspecified atom stereocenters. The average molecular weight is 271 g/mol. The summed E-state index contributed by atoms with van der Waals surface area (Å²) in [5, 5.41) is 3.17. The second-order valence-corrected chi connectivity index (χ2v) is 4.42. The lowest BCUT2D eigenvalue weighted by Gasteiger charge is -2.13. The number of ether oxygens (including phenoxy) is 1. The van der Waals surface area contributed by atoms with Crippen molar-refractivity contribution in [1.29, 1.82) is 0 Å². The minimum atomic E-state index is -0.415. The van der Waals surface area contributed by atoms with E-state index in [1.165, 1.54) is 7.11 Å². The fourth-order valence-electron chi connectivity index (χ4n) is 1.84. The summed E-state index contributed by atoms with van der Waals surface area (Å²) in [6.45, 7) is 2.47. The number of pyridine rings is 1. The molecule has 104 valence electrons. The van der Waals surface area contributed by atoms with Crippen LogP contribution >= 0.6 is 0 Å². The van der Waals surface area contributed by atoms with E-state index in [9.17, 15) is 4.79 Å². The molecule has 0 fully saturated rings. The van der Waals surface area contributed by atoms with Crippen LogP contribution in [0, 0.1) is 6.92 Å². The topological polar surface area (TPSA) is 77.2 Å². The van der Waals surface area contributed by atoms with E-state index in [0.29, 0.717) is 23.5 Å². The Morgan fingerprint density at radius 3 is 2.80 bits per heavy atom. The molecule has 1 aromatic carbocycles. The number of nitrogens with zero attached hydrogens (tertiary/aromatic N) is 1. The molecule has 20 heavy (non-hydrogen) atoms. The summed E-state index contributed by atoms with van der Waals surface area (Å²) in [6, 6.07) is 9.05. The van der Waals surface area contributed by atoms with Gasteiger partial charge in [0, 0.05) is 18.4 Å². The van der Waals surface area contributed by atoms with E-state index in [2.05, 4.69) is 10.3 Å². The van der Waals surface area contributed by atoms with Crippen molar-refractivity contribution in [1.82, 2.24) is 4.98 Å². The quantitative estimate of drug-likeness (QED) is 0.659. The molecule has 0 bridgehead atoms. The normalized spacial score (nSPS) is 10.1. The molecule has 1 aromatic heterocycles. The van der Waals surface area contributed by atoms with E-state index < -0.39 is 5.97 Å². The van der Waals surface area contributed by atoms with Gasteiger partial charge in [-0.2, -0.15) is 0 Å².